The summed E-state index contributed by atoms with van der Waals surface area (Å²) in [5.41, 5.74) is 1.61. The number of sulfone groups is 1. The Kier molecular flexibility index (Phi) is 7.51. The van der Waals surface area contributed by atoms with E-state index in [1.165, 1.54) is 27.9 Å². The molecule has 0 saturated carbocycles. The van der Waals surface area contributed by atoms with Gasteiger partial charge in [-0.05, 0) is 41.5 Å². The first-order valence-corrected chi connectivity index (χ1v) is 13.8. The van der Waals surface area contributed by atoms with Gasteiger partial charge in [0, 0.05) is 42.2 Å². The molecule has 1 aliphatic heterocycles. The number of rotatable bonds is 6. The maximum absolute atomic E-state index is 13.2. The lowest BCUT2D eigenvalue weighted by Crippen LogP contribution is -2.47. The van der Waals surface area contributed by atoms with Crippen LogP contribution in [0.1, 0.15) is 18.1 Å². The summed E-state index contributed by atoms with van der Waals surface area (Å²) in [6.07, 6.45) is 0.506. The molecule has 1 saturated heterocycles. The van der Waals surface area contributed by atoms with E-state index in [0.29, 0.717) is 54.2 Å². The zero-order valence-corrected chi connectivity index (χ0v) is 22.1. The molecule has 186 valence electrons. The van der Waals surface area contributed by atoms with E-state index < -0.39 is 15.9 Å². The summed E-state index contributed by atoms with van der Waals surface area (Å²) in [4.78, 5) is 32.5. The van der Waals surface area contributed by atoms with Gasteiger partial charge in [-0.15, -0.1) is 0 Å². The average molecular weight is 584 g/mol. The summed E-state index contributed by atoms with van der Waals surface area (Å²) < 4.78 is 27.2. The highest BCUT2D eigenvalue weighted by atomic mass is 79.9. The molecule has 12 heteroatoms. The van der Waals surface area contributed by atoms with E-state index in [-0.39, 0.29) is 22.8 Å². The molecule has 2 heterocycles. The van der Waals surface area contributed by atoms with Crippen molar-refractivity contribution in [1.29, 1.82) is 0 Å². The van der Waals surface area contributed by atoms with Gasteiger partial charge in [-0.3, -0.25) is 14.3 Å². The Labute approximate surface area is 216 Å². The summed E-state index contributed by atoms with van der Waals surface area (Å²) >= 11 is 9.67. The summed E-state index contributed by atoms with van der Waals surface area (Å²) in [6, 6.07) is 8.13. The zero-order valence-electron chi connectivity index (χ0n) is 18.9. The maximum Gasteiger partial charge on any atom is 0.407 e. The minimum absolute atomic E-state index is 0.0180. The van der Waals surface area contributed by atoms with Crippen molar-refractivity contribution in [1.82, 2.24) is 19.4 Å². The van der Waals surface area contributed by atoms with E-state index in [1.807, 2.05) is 6.07 Å². The highest BCUT2D eigenvalue weighted by Crippen LogP contribution is 2.25. The minimum atomic E-state index is -3.50. The number of nitrogens with zero attached hydrogens (tertiary/aromatic N) is 4. The lowest BCUT2D eigenvalue weighted by Gasteiger charge is -2.33. The van der Waals surface area contributed by atoms with Crippen LogP contribution in [0.15, 0.2) is 50.8 Å². The van der Waals surface area contributed by atoms with E-state index in [1.54, 1.807) is 19.1 Å². The number of amides is 1. The third kappa shape index (κ3) is 5.53. The number of carboxylic acid groups (broad SMARTS) is 1. The predicted octanol–water partition coefficient (Wildman–Crippen LogP) is 3.45. The van der Waals surface area contributed by atoms with Crippen LogP contribution in [0.3, 0.4) is 0 Å². The van der Waals surface area contributed by atoms with Crippen LogP contribution >= 0.6 is 27.5 Å². The third-order valence-electron chi connectivity index (χ3n) is 6.11. The molecule has 35 heavy (non-hydrogen) atoms. The summed E-state index contributed by atoms with van der Waals surface area (Å²) in [7, 11) is -3.50. The predicted molar refractivity (Wildman–Crippen MR) is 137 cm³/mol. The SMILES string of the molecule is CCS(=O)(=O)c1ccc(Cl)cc1Cn1cnc2cc(CN3CCN(C(=O)O)CC3)c(Br)cc2c1=O. The molecule has 1 fully saturated rings. The van der Waals surface area contributed by atoms with Gasteiger partial charge in [0.2, 0.25) is 0 Å². The third-order valence-corrected chi connectivity index (χ3v) is 8.91. The normalized spacial score (nSPS) is 15.0. The highest BCUT2D eigenvalue weighted by Gasteiger charge is 2.22. The fraction of sp³-hybridized carbons (Fsp3) is 0.348. The summed E-state index contributed by atoms with van der Waals surface area (Å²) in [5, 5.41) is 9.91. The van der Waals surface area contributed by atoms with Crippen LogP contribution in [0, 0.1) is 0 Å². The van der Waals surface area contributed by atoms with Crippen molar-refractivity contribution in [2.45, 2.75) is 24.9 Å². The molecule has 4 rings (SSSR count). The zero-order chi connectivity index (χ0) is 25.3. The molecule has 1 aliphatic rings. The number of carbonyl (C=O) groups is 1. The second-order valence-corrected chi connectivity index (χ2v) is 11.9. The van der Waals surface area contributed by atoms with Gasteiger partial charge in [0.05, 0.1) is 34.4 Å². The van der Waals surface area contributed by atoms with Crippen LogP contribution in [0.4, 0.5) is 4.79 Å². The van der Waals surface area contributed by atoms with Crippen LogP contribution < -0.4 is 5.56 Å². The molecular weight excluding hydrogens is 560 g/mol. The van der Waals surface area contributed by atoms with Crippen molar-refractivity contribution in [2.75, 3.05) is 31.9 Å². The van der Waals surface area contributed by atoms with Crippen LogP contribution in [0.2, 0.25) is 5.02 Å². The maximum atomic E-state index is 13.2. The molecule has 0 spiro atoms. The molecule has 9 nitrogen and oxygen atoms in total. The standard InChI is InChI=1S/C23H24BrClN4O5S/c1-2-35(33,34)21-4-3-17(25)9-16(21)13-29-14-26-20-10-15(19(24)11-18(20)22(29)30)12-27-5-7-28(8-6-27)23(31)32/h3-4,9-11,14H,2,5-8,12-13H2,1H3,(H,31,32). The number of hydrogen-bond acceptors (Lipinski definition) is 6. The number of halogens is 2. The van der Waals surface area contributed by atoms with E-state index in [9.17, 15) is 18.0 Å². The Morgan fingerprint density at radius 3 is 2.49 bits per heavy atom. The Morgan fingerprint density at radius 2 is 1.83 bits per heavy atom. The topological polar surface area (TPSA) is 113 Å². The first-order chi connectivity index (χ1) is 16.6. The van der Waals surface area contributed by atoms with Gasteiger partial charge in [0.25, 0.3) is 5.56 Å². The lowest BCUT2D eigenvalue weighted by atomic mass is 10.1. The number of fused-ring (bicyclic) bond motifs is 1. The number of piperazine rings is 1. The molecule has 2 aromatic carbocycles. The first-order valence-electron chi connectivity index (χ1n) is 11.0. The molecule has 0 unspecified atom stereocenters. The Balaban J connectivity index is 1.62. The van der Waals surface area contributed by atoms with Crippen molar-refractivity contribution < 1.29 is 18.3 Å². The van der Waals surface area contributed by atoms with Crippen LogP contribution in [-0.4, -0.2) is 70.9 Å². The van der Waals surface area contributed by atoms with Gasteiger partial charge in [0.1, 0.15) is 0 Å². The molecule has 1 aromatic heterocycles. The van der Waals surface area contributed by atoms with Gasteiger partial charge in [-0.1, -0.05) is 34.5 Å². The summed E-state index contributed by atoms with van der Waals surface area (Å²) in [5.74, 6) is -0.0619. The number of aromatic nitrogens is 2. The van der Waals surface area contributed by atoms with Crippen LogP contribution in [0.5, 0.6) is 0 Å². The van der Waals surface area contributed by atoms with Gasteiger partial charge in [0.15, 0.2) is 9.84 Å². The van der Waals surface area contributed by atoms with Crippen molar-refractivity contribution in [3.05, 3.63) is 67.6 Å². The molecule has 0 radical (unpaired) electrons. The second kappa shape index (κ2) is 10.3. The number of hydrogen-bond donors (Lipinski definition) is 1. The molecule has 0 atom stereocenters. The van der Waals surface area contributed by atoms with E-state index in [0.717, 1.165) is 10.0 Å². The average Bonchev–Trinajstić information content (AvgIpc) is 2.82. The highest BCUT2D eigenvalue weighted by molar-refractivity contribution is 9.10. The van der Waals surface area contributed by atoms with E-state index in [2.05, 4.69) is 25.8 Å². The molecule has 1 amide bonds. The number of benzene rings is 2. The van der Waals surface area contributed by atoms with E-state index >= 15 is 0 Å². The fourth-order valence-electron chi connectivity index (χ4n) is 4.11. The van der Waals surface area contributed by atoms with Crippen molar-refractivity contribution in [3.63, 3.8) is 0 Å². The van der Waals surface area contributed by atoms with E-state index in [4.69, 9.17) is 16.7 Å². The van der Waals surface area contributed by atoms with Crippen molar-refractivity contribution >= 4 is 54.4 Å². The Morgan fingerprint density at radius 1 is 1.11 bits per heavy atom. The van der Waals surface area contributed by atoms with Crippen molar-refractivity contribution in [2.24, 2.45) is 0 Å². The Bertz CT molecular complexity index is 1450. The smallest absolute Gasteiger partial charge is 0.407 e. The lowest BCUT2D eigenvalue weighted by molar-refractivity contribution is 0.103. The molecular formula is C23H24BrClN4O5S. The summed E-state index contributed by atoms with van der Waals surface area (Å²) in [6.45, 7) is 4.31. The van der Waals surface area contributed by atoms with Gasteiger partial charge in [-0.2, -0.15) is 0 Å². The molecule has 1 N–H and O–H groups in total. The second-order valence-electron chi connectivity index (χ2n) is 8.34. The van der Waals surface area contributed by atoms with Gasteiger partial charge >= 0.3 is 6.09 Å². The minimum Gasteiger partial charge on any atom is -0.465 e. The molecule has 0 aliphatic carbocycles. The van der Waals surface area contributed by atoms with Crippen LogP contribution in [0.25, 0.3) is 10.9 Å². The first kappa shape index (κ1) is 25.6. The fourth-order valence-corrected chi connectivity index (χ4v) is 5.88. The molecule has 3 aromatic rings. The largest absolute Gasteiger partial charge is 0.465 e. The monoisotopic (exact) mass is 582 g/mol. The Hall–Kier alpha value is -2.47. The van der Waals surface area contributed by atoms with Gasteiger partial charge < -0.3 is 10.0 Å². The van der Waals surface area contributed by atoms with Gasteiger partial charge in [-0.25, -0.2) is 18.2 Å². The van der Waals surface area contributed by atoms with Crippen LogP contribution in [-0.2, 0) is 22.9 Å². The quantitative estimate of drug-likeness (QED) is 0.473. The van der Waals surface area contributed by atoms with Crippen molar-refractivity contribution in [3.8, 4) is 0 Å². The molecule has 0 bridgehead atoms.